The Morgan fingerprint density at radius 2 is 1.90 bits per heavy atom. The fourth-order valence-corrected chi connectivity index (χ4v) is 1.89. The van der Waals surface area contributed by atoms with Crippen LogP contribution < -0.4 is 11.1 Å². The van der Waals surface area contributed by atoms with Gasteiger partial charge >= 0.3 is 0 Å². The van der Waals surface area contributed by atoms with Gasteiger partial charge in [0.05, 0.1) is 0 Å². The first-order valence-electron chi connectivity index (χ1n) is 6.79. The quantitative estimate of drug-likeness (QED) is 0.764. The van der Waals surface area contributed by atoms with Gasteiger partial charge in [-0.2, -0.15) is 0 Å². The van der Waals surface area contributed by atoms with E-state index in [0.29, 0.717) is 25.8 Å². The van der Waals surface area contributed by atoms with E-state index in [2.05, 4.69) is 5.32 Å². The third-order valence-corrected chi connectivity index (χ3v) is 2.96. The molecule has 0 bridgehead atoms. The molecule has 20 heavy (non-hydrogen) atoms. The van der Waals surface area contributed by atoms with Crippen molar-refractivity contribution in [2.24, 2.45) is 5.73 Å². The van der Waals surface area contributed by atoms with Crippen LogP contribution in [0.4, 0.5) is 0 Å². The van der Waals surface area contributed by atoms with Crippen LogP contribution in [0.25, 0.3) is 0 Å². The van der Waals surface area contributed by atoms with Crippen molar-refractivity contribution in [3.8, 4) is 0 Å². The first-order chi connectivity index (χ1) is 9.54. The van der Waals surface area contributed by atoms with Gasteiger partial charge in [0.25, 0.3) is 0 Å². The molecular weight excluding hydrogens is 254 g/mol. The van der Waals surface area contributed by atoms with Gasteiger partial charge in [-0.05, 0) is 18.5 Å². The van der Waals surface area contributed by atoms with Crippen molar-refractivity contribution in [2.75, 3.05) is 20.6 Å². The van der Waals surface area contributed by atoms with Crippen LogP contribution in [0.2, 0.25) is 0 Å². The van der Waals surface area contributed by atoms with Gasteiger partial charge in [0.15, 0.2) is 0 Å². The van der Waals surface area contributed by atoms with Gasteiger partial charge in [-0.25, -0.2) is 0 Å². The molecule has 1 aromatic rings. The molecule has 110 valence electrons. The molecule has 0 radical (unpaired) electrons. The van der Waals surface area contributed by atoms with Crippen LogP contribution in [0.3, 0.4) is 0 Å². The molecule has 0 spiro atoms. The lowest BCUT2D eigenvalue weighted by Gasteiger charge is -2.22. The number of likely N-dealkylation sites (N-methyl/N-ethyl adjacent to an activating group) is 1. The van der Waals surface area contributed by atoms with Gasteiger partial charge in [-0.15, -0.1) is 0 Å². The summed E-state index contributed by atoms with van der Waals surface area (Å²) in [4.78, 5) is 25.4. The van der Waals surface area contributed by atoms with E-state index in [0.717, 1.165) is 5.56 Å². The second-order valence-electron chi connectivity index (χ2n) is 4.93. The van der Waals surface area contributed by atoms with Crippen LogP contribution in [0.1, 0.15) is 18.4 Å². The molecule has 2 amide bonds. The number of amides is 2. The van der Waals surface area contributed by atoms with Crippen LogP contribution in [0.5, 0.6) is 0 Å². The number of nitrogens with zero attached hydrogens (tertiary/aromatic N) is 1. The minimum absolute atomic E-state index is 0.102. The van der Waals surface area contributed by atoms with E-state index in [4.69, 9.17) is 5.73 Å². The van der Waals surface area contributed by atoms with Gasteiger partial charge in [-0.3, -0.25) is 9.59 Å². The molecule has 0 heterocycles. The van der Waals surface area contributed by atoms with Crippen LogP contribution in [0, 0.1) is 0 Å². The molecule has 0 saturated carbocycles. The number of carbonyl (C=O) groups excluding carboxylic acids is 2. The van der Waals surface area contributed by atoms with Crippen molar-refractivity contribution in [2.45, 2.75) is 25.3 Å². The molecule has 0 fully saturated rings. The summed E-state index contributed by atoms with van der Waals surface area (Å²) in [5, 5.41) is 2.80. The van der Waals surface area contributed by atoms with Crippen molar-refractivity contribution in [1.29, 1.82) is 0 Å². The summed E-state index contributed by atoms with van der Waals surface area (Å²) in [5.41, 5.74) is 6.40. The normalized spacial score (nSPS) is 11.8. The topological polar surface area (TPSA) is 75.4 Å². The van der Waals surface area contributed by atoms with E-state index in [1.165, 1.54) is 4.90 Å². The van der Waals surface area contributed by atoms with E-state index in [9.17, 15) is 9.59 Å². The summed E-state index contributed by atoms with van der Waals surface area (Å²) >= 11 is 0. The second kappa shape index (κ2) is 8.32. The molecule has 1 aromatic carbocycles. The van der Waals surface area contributed by atoms with E-state index in [1.807, 2.05) is 30.3 Å². The average Bonchev–Trinajstić information content (AvgIpc) is 2.44. The molecule has 5 heteroatoms. The molecule has 3 N–H and O–H groups in total. The molecular formula is C15H23N3O2. The lowest BCUT2D eigenvalue weighted by Crippen LogP contribution is -2.47. The zero-order valence-electron chi connectivity index (χ0n) is 12.1. The molecule has 1 unspecified atom stereocenters. The fourth-order valence-electron chi connectivity index (χ4n) is 1.89. The highest BCUT2D eigenvalue weighted by Gasteiger charge is 2.22. The largest absolute Gasteiger partial charge is 0.347 e. The van der Waals surface area contributed by atoms with Gasteiger partial charge < -0.3 is 16.0 Å². The fraction of sp³-hybridized carbons (Fsp3) is 0.467. The molecule has 0 aliphatic heterocycles. The Bertz CT molecular complexity index is 432. The number of rotatable bonds is 7. The number of carbonyl (C=O) groups is 2. The third kappa shape index (κ3) is 5.40. The monoisotopic (exact) mass is 277 g/mol. The number of hydrogen-bond donors (Lipinski definition) is 2. The molecule has 0 aliphatic rings. The SMILES string of the molecule is CN(C)C(=O)C(Cc1ccccc1)NC(=O)CCCN. The summed E-state index contributed by atoms with van der Waals surface area (Å²) in [6.45, 7) is 0.471. The maximum atomic E-state index is 12.1. The highest BCUT2D eigenvalue weighted by Crippen LogP contribution is 2.05. The molecule has 1 atom stereocenters. The van der Waals surface area contributed by atoms with Crippen LogP contribution in [-0.2, 0) is 16.0 Å². The van der Waals surface area contributed by atoms with Crippen molar-refractivity contribution in [1.82, 2.24) is 10.2 Å². The molecule has 0 saturated heterocycles. The number of benzene rings is 1. The number of hydrogen-bond acceptors (Lipinski definition) is 3. The first kappa shape index (κ1) is 16.2. The van der Waals surface area contributed by atoms with Gasteiger partial charge in [-0.1, -0.05) is 30.3 Å². The van der Waals surface area contributed by atoms with E-state index < -0.39 is 6.04 Å². The summed E-state index contributed by atoms with van der Waals surface area (Å²) in [6, 6.07) is 9.12. The Kier molecular flexibility index (Phi) is 6.73. The van der Waals surface area contributed by atoms with Crippen molar-refractivity contribution in [3.05, 3.63) is 35.9 Å². The predicted molar refractivity (Wildman–Crippen MR) is 79.1 cm³/mol. The number of nitrogens with one attached hydrogen (secondary N) is 1. The minimum atomic E-state index is -0.530. The summed E-state index contributed by atoms with van der Waals surface area (Å²) in [7, 11) is 3.37. The predicted octanol–water partition coefficient (Wildman–Crippen LogP) is 0.541. The van der Waals surface area contributed by atoms with E-state index >= 15 is 0 Å². The second-order valence-corrected chi connectivity index (χ2v) is 4.93. The summed E-state index contributed by atoms with van der Waals surface area (Å²) in [5.74, 6) is -0.235. The third-order valence-electron chi connectivity index (χ3n) is 2.96. The van der Waals surface area contributed by atoms with E-state index in [1.54, 1.807) is 14.1 Å². The lowest BCUT2D eigenvalue weighted by atomic mass is 10.0. The zero-order chi connectivity index (χ0) is 15.0. The Morgan fingerprint density at radius 3 is 2.45 bits per heavy atom. The van der Waals surface area contributed by atoms with Gasteiger partial charge in [0.2, 0.25) is 11.8 Å². The van der Waals surface area contributed by atoms with Crippen molar-refractivity contribution < 1.29 is 9.59 Å². The maximum Gasteiger partial charge on any atom is 0.244 e. The maximum absolute atomic E-state index is 12.1. The Hall–Kier alpha value is -1.88. The van der Waals surface area contributed by atoms with Crippen molar-refractivity contribution in [3.63, 3.8) is 0 Å². The summed E-state index contributed by atoms with van der Waals surface area (Å²) in [6.07, 6.45) is 1.47. The smallest absolute Gasteiger partial charge is 0.244 e. The molecule has 0 aromatic heterocycles. The standard InChI is InChI=1S/C15H23N3O2/c1-18(2)15(20)13(17-14(19)9-6-10-16)11-12-7-4-3-5-8-12/h3-5,7-8,13H,6,9-11,16H2,1-2H3,(H,17,19). The van der Waals surface area contributed by atoms with Crippen molar-refractivity contribution >= 4 is 11.8 Å². The van der Waals surface area contributed by atoms with Gasteiger partial charge in [0, 0.05) is 26.9 Å². The summed E-state index contributed by atoms with van der Waals surface area (Å²) < 4.78 is 0. The Labute approximate surface area is 120 Å². The first-order valence-corrected chi connectivity index (χ1v) is 6.79. The Morgan fingerprint density at radius 1 is 1.25 bits per heavy atom. The molecule has 5 nitrogen and oxygen atoms in total. The minimum Gasteiger partial charge on any atom is -0.347 e. The highest BCUT2D eigenvalue weighted by atomic mass is 16.2. The zero-order valence-corrected chi connectivity index (χ0v) is 12.1. The highest BCUT2D eigenvalue weighted by molar-refractivity contribution is 5.87. The number of nitrogens with two attached hydrogens (primary N) is 1. The van der Waals surface area contributed by atoms with Gasteiger partial charge in [0.1, 0.15) is 6.04 Å². The molecule has 0 aliphatic carbocycles. The average molecular weight is 277 g/mol. The van der Waals surface area contributed by atoms with Crippen LogP contribution >= 0.6 is 0 Å². The Balaban J connectivity index is 2.70. The molecule has 1 rings (SSSR count). The van der Waals surface area contributed by atoms with Crippen LogP contribution in [-0.4, -0.2) is 43.4 Å². The van der Waals surface area contributed by atoms with Crippen LogP contribution in [0.15, 0.2) is 30.3 Å². The lowest BCUT2D eigenvalue weighted by molar-refractivity contribution is -0.134. The van der Waals surface area contributed by atoms with E-state index in [-0.39, 0.29) is 11.8 Å².